The van der Waals surface area contributed by atoms with E-state index >= 15 is 0 Å². The molecular formula is C15H16N4O2. The van der Waals surface area contributed by atoms with Crippen molar-refractivity contribution < 1.29 is 9.15 Å². The highest BCUT2D eigenvalue weighted by Crippen LogP contribution is 2.28. The van der Waals surface area contributed by atoms with Crippen LogP contribution >= 0.6 is 0 Å². The molecule has 2 heterocycles. The summed E-state index contributed by atoms with van der Waals surface area (Å²) in [5.74, 6) is 6.84. The molecule has 0 saturated carbocycles. The molecule has 1 atom stereocenters. The minimum absolute atomic E-state index is 0.366. The minimum Gasteiger partial charge on any atom is -0.481 e. The Morgan fingerprint density at radius 3 is 2.86 bits per heavy atom. The lowest BCUT2D eigenvalue weighted by molar-refractivity contribution is 0.393. The van der Waals surface area contributed by atoms with Crippen molar-refractivity contribution in [3.05, 3.63) is 53.7 Å². The first-order chi connectivity index (χ1) is 10.2. The lowest BCUT2D eigenvalue weighted by atomic mass is 10.1. The number of hydrogen-bond donors (Lipinski definition) is 2. The summed E-state index contributed by atoms with van der Waals surface area (Å²) in [5.41, 5.74) is 5.40. The molecule has 1 aromatic carbocycles. The van der Waals surface area contributed by atoms with E-state index < -0.39 is 0 Å². The zero-order valence-corrected chi connectivity index (χ0v) is 11.8. The zero-order valence-electron chi connectivity index (χ0n) is 11.8. The second kappa shape index (κ2) is 5.51. The maximum absolute atomic E-state index is 5.86. The maximum Gasteiger partial charge on any atom is 0.216 e. The molecule has 0 spiro atoms. The van der Waals surface area contributed by atoms with Gasteiger partial charge in [0, 0.05) is 11.5 Å². The Kier molecular flexibility index (Phi) is 3.55. The summed E-state index contributed by atoms with van der Waals surface area (Å²) < 4.78 is 11.0. The monoisotopic (exact) mass is 284 g/mol. The van der Waals surface area contributed by atoms with Crippen LogP contribution in [0, 0.1) is 6.92 Å². The molecule has 1 unspecified atom stereocenters. The van der Waals surface area contributed by atoms with Crippen molar-refractivity contribution in [2.45, 2.75) is 13.0 Å². The Balaban J connectivity index is 2.04. The van der Waals surface area contributed by atoms with Crippen LogP contribution in [0.5, 0.6) is 5.88 Å². The van der Waals surface area contributed by atoms with E-state index in [2.05, 4.69) is 21.5 Å². The van der Waals surface area contributed by atoms with Gasteiger partial charge >= 0.3 is 0 Å². The van der Waals surface area contributed by atoms with Gasteiger partial charge in [0.15, 0.2) is 0 Å². The van der Waals surface area contributed by atoms with Crippen LogP contribution in [-0.2, 0) is 0 Å². The van der Waals surface area contributed by atoms with Gasteiger partial charge in [0.25, 0.3) is 0 Å². The largest absolute Gasteiger partial charge is 0.481 e. The number of methoxy groups -OCH3 is 1. The number of hydrazine groups is 1. The summed E-state index contributed by atoms with van der Waals surface area (Å²) in [7, 11) is 1.56. The lowest BCUT2D eigenvalue weighted by Gasteiger charge is -2.12. The molecule has 0 radical (unpaired) electrons. The summed E-state index contributed by atoms with van der Waals surface area (Å²) in [6.07, 6.45) is 1.44. The highest BCUT2D eigenvalue weighted by molar-refractivity contribution is 5.78. The molecule has 21 heavy (non-hydrogen) atoms. The van der Waals surface area contributed by atoms with Gasteiger partial charge < -0.3 is 9.15 Å². The van der Waals surface area contributed by atoms with E-state index in [0.717, 1.165) is 11.0 Å². The lowest BCUT2D eigenvalue weighted by Crippen LogP contribution is -2.29. The Hall–Kier alpha value is -2.44. The third-order valence-corrected chi connectivity index (χ3v) is 3.31. The number of nitrogens with zero attached hydrogens (tertiary/aromatic N) is 2. The number of nitrogens with two attached hydrogens (primary N) is 1. The van der Waals surface area contributed by atoms with Crippen molar-refractivity contribution in [2.75, 3.05) is 7.11 Å². The third kappa shape index (κ3) is 2.58. The predicted molar refractivity (Wildman–Crippen MR) is 78.7 cm³/mol. The Morgan fingerprint density at radius 1 is 1.24 bits per heavy atom. The van der Waals surface area contributed by atoms with E-state index in [0.29, 0.717) is 17.3 Å². The number of ether oxygens (including phenoxy) is 1. The van der Waals surface area contributed by atoms with Crippen LogP contribution in [0.2, 0.25) is 0 Å². The van der Waals surface area contributed by atoms with Crippen LogP contribution in [0.15, 0.2) is 41.1 Å². The van der Waals surface area contributed by atoms with Crippen molar-refractivity contribution in [1.82, 2.24) is 15.4 Å². The summed E-state index contributed by atoms with van der Waals surface area (Å²) in [6.45, 7) is 2.04. The molecular weight excluding hydrogens is 268 g/mol. The molecule has 0 amide bonds. The molecule has 3 N–H and O–H groups in total. The number of benzene rings is 1. The molecule has 0 aliphatic rings. The molecule has 0 saturated heterocycles. The molecule has 6 nitrogen and oxygen atoms in total. The number of fused-ring (bicyclic) bond motifs is 1. The van der Waals surface area contributed by atoms with Gasteiger partial charge in [0.05, 0.1) is 12.8 Å². The normalized spacial score (nSPS) is 12.5. The SMILES string of the molecule is COc1cc(C(NN)c2cc3cc(C)ccc3o2)ncn1. The van der Waals surface area contributed by atoms with Gasteiger partial charge in [-0.25, -0.2) is 15.4 Å². The highest BCUT2D eigenvalue weighted by atomic mass is 16.5. The number of rotatable bonds is 4. The van der Waals surface area contributed by atoms with Crippen molar-refractivity contribution in [2.24, 2.45) is 5.84 Å². The van der Waals surface area contributed by atoms with E-state index in [1.54, 1.807) is 13.2 Å². The van der Waals surface area contributed by atoms with Gasteiger partial charge in [-0.1, -0.05) is 11.6 Å². The van der Waals surface area contributed by atoms with Gasteiger partial charge in [-0.2, -0.15) is 0 Å². The van der Waals surface area contributed by atoms with E-state index in [1.807, 2.05) is 25.1 Å². The summed E-state index contributed by atoms with van der Waals surface area (Å²) in [6, 6.07) is 9.34. The third-order valence-electron chi connectivity index (χ3n) is 3.31. The van der Waals surface area contributed by atoms with Crippen LogP contribution < -0.4 is 16.0 Å². The minimum atomic E-state index is -0.366. The van der Waals surface area contributed by atoms with Crippen molar-refractivity contribution in [3.63, 3.8) is 0 Å². The molecule has 0 fully saturated rings. The predicted octanol–water partition coefficient (Wildman–Crippen LogP) is 2.09. The van der Waals surface area contributed by atoms with Crippen LogP contribution in [0.25, 0.3) is 11.0 Å². The second-order valence-corrected chi connectivity index (χ2v) is 4.77. The first kappa shape index (κ1) is 13.5. The first-order valence-corrected chi connectivity index (χ1v) is 6.53. The highest BCUT2D eigenvalue weighted by Gasteiger charge is 2.19. The van der Waals surface area contributed by atoms with E-state index in [9.17, 15) is 0 Å². The molecule has 3 aromatic rings. The Morgan fingerprint density at radius 2 is 2.10 bits per heavy atom. The fraction of sp³-hybridized carbons (Fsp3) is 0.200. The number of aryl methyl sites for hydroxylation is 1. The average molecular weight is 284 g/mol. The zero-order chi connectivity index (χ0) is 14.8. The van der Waals surface area contributed by atoms with Gasteiger partial charge in [0.2, 0.25) is 5.88 Å². The molecule has 0 aliphatic carbocycles. The van der Waals surface area contributed by atoms with Crippen molar-refractivity contribution >= 4 is 11.0 Å². The summed E-state index contributed by atoms with van der Waals surface area (Å²) >= 11 is 0. The van der Waals surface area contributed by atoms with Gasteiger partial charge in [-0.15, -0.1) is 0 Å². The van der Waals surface area contributed by atoms with Crippen LogP contribution in [-0.4, -0.2) is 17.1 Å². The molecule has 2 aromatic heterocycles. The quantitative estimate of drug-likeness (QED) is 0.563. The average Bonchev–Trinajstić information content (AvgIpc) is 2.91. The van der Waals surface area contributed by atoms with Gasteiger partial charge in [-0.05, 0) is 25.1 Å². The number of aromatic nitrogens is 2. The van der Waals surface area contributed by atoms with Crippen LogP contribution in [0.3, 0.4) is 0 Å². The van der Waals surface area contributed by atoms with Gasteiger partial charge in [-0.3, -0.25) is 5.84 Å². The van der Waals surface area contributed by atoms with E-state index in [1.165, 1.54) is 11.9 Å². The molecule has 0 bridgehead atoms. The number of hydrogen-bond acceptors (Lipinski definition) is 6. The van der Waals surface area contributed by atoms with Crippen LogP contribution in [0.4, 0.5) is 0 Å². The fourth-order valence-electron chi connectivity index (χ4n) is 2.26. The summed E-state index contributed by atoms with van der Waals surface area (Å²) in [4.78, 5) is 8.22. The van der Waals surface area contributed by atoms with Gasteiger partial charge in [0.1, 0.15) is 23.7 Å². The van der Waals surface area contributed by atoms with Crippen molar-refractivity contribution in [3.8, 4) is 5.88 Å². The maximum atomic E-state index is 5.86. The smallest absolute Gasteiger partial charge is 0.216 e. The summed E-state index contributed by atoms with van der Waals surface area (Å²) in [5, 5.41) is 1.03. The van der Waals surface area contributed by atoms with Crippen LogP contribution in [0.1, 0.15) is 23.1 Å². The molecule has 6 heteroatoms. The fourth-order valence-corrected chi connectivity index (χ4v) is 2.26. The van der Waals surface area contributed by atoms with E-state index in [4.69, 9.17) is 15.0 Å². The van der Waals surface area contributed by atoms with Crippen molar-refractivity contribution in [1.29, 1.82) is 0 Å². The molecule has 3 rings (SSSR count). The topological polar surface area (TPSA) is 86.2 Å². The number of furan rings is 1. The first-order valence-electron chi connectivity index (χ1n) is 6.53. The number of nitrogens with one attached hydrogen (secondary N) is 1. The Bertz CT molecular complexity index is 769. The Labute approximate surface area is 121 Å². The molecule has 0 aliphatic heterocycles. The van der Waals surface area contributed by atoms with E-state index in [-0.39, 0.29) is 6.04 Å². The standard InChI is InChI=1S/C15H16N4O2/c1-9-3-4-12-10(5-9)6-13(21-12)15(19-16)11-7-14(20-2)18-8-17-11/h3-8,15,19H,16H2,1-2H3. The second-order valence-electron chi connectivity index (χ2n) is 4.77. The molecule has 108 valence electrons.